The Bertz CT molecular complexity index is 647. The number of rotatable bonds is 1. The second kappa shape index (κ2) is 3.68. The summed E-state index contributed by atoms with van der Waals surface area (Å²) in [6, 6.07) is 6.48. The van der Waals surface area contributed by atoms with E-state index in [-0.39, 0.29) is 11.5 Å². The summed E-state index contributed by atoms with van der Waals surface area (Å²) in [4.78, 5) is 12.1. The Morgan fingerprint density at radius 2 is 2.12 bits per heavy atom. The molecule has 0 unspecified atom stereocenters. The van der Waals surface area contributed by atoms with Crippen molar-refractivity contribution in [1.29, 1.82) is 0 Å². The summed E-state index contributed by atoms with van der Waals surface area (Å²) in [6.07, 6.45) is 0. The van der Waals surface area contributed by atoms with E-state index >= 15 is 0 Å². The van der Waals surface area contributed by atoms with Crippen LogP contribution in [0.25, 0.3) is 0 Å². The summed E-state index contributed by atoms with van der Waals surface area (Å²) < 4.78 is 0.658. The molecule has 0 amide bonds. The highest BCUT2D eigenvalue weighted by molar-refractivity contribution is 7.08. The highest BCUT2D eigenvalue weighted by Crippen LogP contribution is 2.30. The Kier molecular flexibility index (Phi) is 2.28. The summed E-state index contributed by atoms with van der Waals surface area (Å²) in [5.74, 6) is -0.245. The van der Waals surface area contributed by atoms with Crippen LogP contribution in [0.4, 0.5) is 5.69 Å². The minimum atomic E-state index is -0.245. The first-order chi connectivity index (χ1) is 8.18. The summed E-state index contributed by atoms with van der Waals surface area (Å²) >= 11 is 7.27. The average Bonchev–Trinajstić information content (AvgIpc) is 2.88. The van der Waals surface area contributed by atoms with E-state index in [4.69, 9.17) is 11.6 Å². The number of thiophene rings is 1. The first-order valence-electron chi connectivity index (χ1n) is 4.89. The molecule has 3 nitrogen and oxygen atoms in total. The summed E-state index contributed by atoms with van der Waals surface area (Å²) in [5, 5.41) is 16.1. The van der Waals surface area contributed by atoms with Gasteiger partial charge >= 0.3 is 0 Å². The maximum absolute atomic E-state index is 12.1. The fourth-order valence-corrected chi connectivity index (χ4v) is 2.66. The SMILES string of the molecule is O=C1C(c2ccsc2)=[N+]([O-])c2cc(Cl)ccc21. The minimum Gasteiger partial charge on any atom is -0.618 e. The number of carbonyl (C=O) groups is 1. The van der Waals surface area contributed by atoms with E-state index in [9.17, 15) is 10.0 Å². The van der Waals surface area contributed by atoms with Crippen LogP contribution >= 0.6 is 22.9 Å². The van der Waals surface area contributed by atoms with Gasteiger partial charge in [0.05, 0.1) is 5.56 Å². The van der Waals surface area contributed by atoms with E-state index < -0.39 is 0 Å². The van der Waals surface area contributed by atoms with E-state index in [1.54, 1.807) is 23.6 Å². The first kappa shape index (κ1) is 10.5. The number of halogens is 1. The van der Waals surface area contributed by atoms with Crippen LogP contribution in [0.1, 0.15) is 15.9 Å². The molecule has 1 aromatic carbocycles. The monoisotopic (exact) mass is 263 g/mol. The molecule has 3 rings (SSSR count). The van der Waals surface area contributed by atoms with Crippen LogP contribution in [-0.2, 0) is 0 Å². The number of fused-ring (bicyclic) bond motifs is 1. The lowest BCUT2D eigenvalue weighted by Crippen LogP contribution is -2.15. The quantitative estimate of drug-likeness (QED) is 0.586. The van der Waals surface area contributed by atoms with Gasteiger partial charge in [0.25, 0.3) is 11.5 Å². The third-order valence-electron chi connectivity index (χ3n) is 2.64. The van der Waals surface area contributed by atoms with Gasteiger partial charge in [-0.1, -0.05) is 11.6 Å². The molecule has 2 heterocycles. The molecule has 0 atom stereocenters. The highest BCUT2D eigenvalue weighted by atomic mass is 35.5. The minimum absolute atomic E-state index is 0.170. The molecule has 84 valence electrons. The molecule has 0 radical (unpaired) electrons. The van der Waals surface area contributed by atoms with Gasteiger partial charge in [-0.3, -0.25) is 4.79 Å². The lowest BCUT2D eigenvalue weighted by molar-refractivity contribution is -0.355. The molecule has 0 bridgehead atoms. The van der Waals surface area contributed by atoms with Crippen molar-refractivity contribution in [2.75, 3.05) is 0 Å². The molecule has 2 aromatic rings. The van der Waals surface area contributed by atoms with Gasteiger partial charge in [0.15, 0.2) is 0 Å². The molecule has 0 saturated heterocycles. The number of carbonyl (C=O) groups excluding carboxylic acids is 1. The molecule has 0 aliphatic carbocycles. The van der Waals surface area contributed by atoms with Gasteiger partial charge in [-0.2, -0.15) is 16.1 Å². The standard InChI is InChI=1S/C12H6ClNO2S/c13-8-1-2-9-10(5-8)14(16)11(12(9)15)7-3-4-17-6-7/h1-6H. The maximum Gasteiger partial charge on any atom is 0.273 e. The topological polar surface area (TPSA) is 43.1 Å². The zero-order valence-electron chi connectivity index (χ0n) is 8.51. The number of hydrogen-bond acceptors (Lipinski definition) is 3. The highest BCUT2D eigenvalue weighted by Gasteiger charge is 2.36. The molecule has 0 fully saturated rings. The van der Waals surface area contributed by atoms with Gasteiger partial charge in [0.1, 0.15) is 5.56 Å². The Labute approximate surface area is 106 Å². The number of Topliss-reactive ketones (excluding diaryl/α,β-unsaturated/α-hetero) is 1. The predicted molar refractivity (Wildman–Crippen MR) is 67.5 cm³/mol. The molecule has 0 spiro atoms. The molecule has 1 aliphatic rings. The van der Waals surface area contributed by atoms with Crippen molar-refractivity contribution in [1.82, 2.24) is 0 Å². The number of nitrogens with zero attached hydrogens (tertiary/aromatic N) is 1. The van der Waals surface area contributed by atoms with Crippen molar-refractivity contribution < 1.29 is 9.53 Å². The number of ketones is 1. The second-order valence-electron chi connectivity index (χ2n) is 3.65. The van der Waals surface area contributed by atoms with E-state index in [2.05, 4.69) is 0 Å². The summed E-state index contributed by atoms with van der Waals surface area (Å²) in [7, 11) is 0. The van der Waals surface area contributed by atoms with Crippen molar-refractivity contribution in [2.24, 2.45) is 0 Å². The fourth-order valence-electron chi connectivity index (χ4n) is 1.85. The molecule has 1 aromatic heterocycles. The average molecular weight is 264 g/mol. The van der Waals surface area contributed by atoms with Crippen LogP contribution in [0.2, 0.25) is 5.02 Å². The van der Waals surface area contributed by atoms with Crippen molar-refractivity contribution in [3.05, 3.63) is 56.4 Å². The van der Waals surface area contributed by atoms with Crippen LogP contribution in [0.5, 0.6) is 0 Å². The van der Waals surface area contributed by atoms with Crippen molar-refractivity contribution in [2.45, 2.75) is 0 Å². The largest absolute Gasteiger partial charge is 0.618 e. The normalized spacial score (nSPS) is 14.3. The lowest BCUT2D eigenvalue weighted by atomic mass is 10.1. The summed E-state index contributed by atoms with van der Waals surface area (Å²) in [6.45, 7) is 0. The molecule has 1 aliphatic heterocycles. The van der Waals surface area contributed by atoms with Crippen molar-refractivity contribution in [3.8, 4) is 0 Å². The molecule has 5 heteroatoms. The van der Waals surface area contributed by atoms with Gasteiger partial charge in [-0.05, 0) is 23.6 Å². The van der Waals surface area contributed by atoms with E-state index in [0.29, 0.717) is 26.6 Å². The Morgan fingerprint density at radius 3 is 2.82 bits per heavy atom. The van der Waals surface area contributed by atoms with Crippen molar-refractivity contribution >= 4 is 40.1 Å². The summed E-state index contributed by atoms with van der Waals surface area (Å²) in [5.41, 5.74) is 1.56. The van der Waals surface area contributed by atoms with Crippen LogP contribution in [0.15, 0.2) is 35.0 Å². The van der Waals surface area contributed by atoms with Gasteiger partial charge in [-0.25, -0.2) is 0 Å². The van der Waals surface area contributed by atoms with Crippen LogP contribution < -0.4 is 0 Å². The van der Waals surface area contributed by atoms with Gasteiger partial charge < -0.3 is 5.21 Å². The lowest BCUT2D eigenvalue weighted by Gasteiger charge is -2.00. The molecule has 0 N–H and O–H groups in total. The number of hydrogen-bond donors (Lipinski definition) is 0. The zero-order valence-corrected chi connectivity index (χ0v) is 10.1. The van der Waals surface area contributed by atoms with Crippen LogP contribution in [0.3, 0.4) is 0 Å². The van der Waals surface area contributed by atoms with Crippen LogP contribution in [0, 0.1) is 5.21 Å². The fraction of sp³-hybridized carbons (Fsp3) is 0. The predicted octanol–water partition coefficient (Wildman–Crippen LogP) is 3.23. The Balaban J connectivity index is 2.24. The first-order valence-corrected chi connectivity index (χ1v) is 6.21. The van der Waals surface area contributed by atoms with E-state index in [1.807, 2.05) is 5.38 Å². The molecule has 17 heavy (non-hydrogen) atoms. The molecule has 0 saturated carbocycles. The zero-order chi connectivity index (χ0) is 12.0. The third kappa shape index (κ3) is 1.49. The second-order valence-corrected chi connectivity index (χ2v) is 4.86. The van der Waals surface area contributed by atoms with Crippen molar-refractivity contribution in [3.63, 3.8) is 0 Å². The van der Waals surface area contributed by atoms with Gasteiger partial charge in [0.2, 0.25) is 5.69 Å². The van der Waals surface area contributed by atoms with E-state index in [0.717, 1.165) is 0 Å². The molecular weight excluding hydrogens is 258 g/mol. The Hall–Kier alpha value is -1.65. The van der Waals surface area contributed by atoms with Crippen LogP contribution in [-0.4, -0.2) is 16.2 Å². The number of benzene rings is 1. The van der Waals surface area contributed by atoms with Gasteiger partial charge in [-0.15, -0.1) is 0 Å². The smallest absolute Gasteiger partial charge is 0.273 e. The van der Waals surface area contributed by atoms with E-state index in [1.165, 1.54) is 17.4 Å². The maximum atomic E-state index is 12.1. The van der Waals surface area contributed by atoms with Gasteiger partial charge in [0, 0.05) is 16.5 Å². The molecular formula is C12H6ClNO2S. The Morgan fingerprint density at radius 1 is 1.29 bits per heavy atom. The third-order valence-corrected chi connectivity index (χ3v) is 3.55.